The largest absolute Gasteiger partial charge is 0.310 e. The fourth-order valence-corrected chi connectivity index (χ4v) is 10.8. The maximum absolute atomic E-state index is 5.52. The molecular weight excluding hydrogens is 765 g/mol. The van der Waals surface area contributed by atoms with Gasteiger partial charge in [-0.3, -0.25) is 4.57 Å². The van der Waals surface area contributed by atoms with E-state index >= 15 is 0 Å². The average molecular weight is 809 g/mol. The molecule has 0 saturated heterocycles. The van der Waals surface area contributed by atoms with Crippen molar-refractivity contribution in [3.8, 4) is 39.5 Å². The molecule has 0 N–H and O–H groups in total. The lowest BCUT2D eigenvalue weighted by Crippen LogP contribution is -2.14. The van der Waals surface area contributed by atoms with Crippen molar-refractivity contribution in [3.63, 3.8) is 0 Å². The molecule has 0 atom stereocenters. The smallest absolute Gasteiger partial charge is 0.235 e. The molecule has 4 nitrogen and oxygen atoms in total. The molecule has 3 aliphatic rings. The van der Waals surface area contributed by atoms with Gasteiger partial charge in [-0.25, -0.2) is 9.97 Å². The Morgan fingerprint density at radius 2 is 1.08 bits per heavy atom. The predicted molar refractivity (Wildman–Crippen MR) is 264 cm³/mol. The van der Waals surface area contributed by atoms with E-state index in [2.05, 4.69) is 205 Å². The maximum atomic E-state index is 5.52. The van der Waals surface area contributed by atoms with E-state index < -0.39 is 0 Å². The van der Waals surface area contributed by atoms with Crippen molar-refractivity contribution in [1.82, 2.24) is 19.1 Å². The van der Waals surface area contributed by atoms with Crippen LogP contribution in [0.4, 0.5) is 0 Å². The van der Waals surface area contributed by atoms with Crippen molar-refractivity contribution in [2.45, 2.75) is 44.9 Å². The number of allylic oxidation sites excluding steroid dienone is 8. The molecule has 63 heavy (non-hydrogen) atoms. The first-order chi connectivity index (χ1) is 31.0. The van der Waals surface area contributed by atoms with Gasteiger partial charge in [0.1, 0.15) is 0 Å². The molecule has 13 rings (SSSR count). The van der Waals surface area contributed by atoms with Gasteiger partial charge >= 0.3 is 0 Å². The number of hydrogen-bond acceptors (Lipinski definition) is 2. The minimum Gasteiger partial charge on any atom is -0.310 e. The zero-order chi connectivity index (χ0) is 41.8. The van der Waals surface area contributed by atoms with Crippen LogP contribution in [0.1, 0.15) is 56.2 Å². The van der Waals surface area contributed by atoms with Crippen LogP contribution < -0.4 is 0 Å². The molecule has 7 aromatic carbocycles. The van der Waals surface area contributed by atoms with Crippen LogP contribution in [-0.4, -0.2) is 19.1 Å². The summed E-state index contributed by atoms with van der Waals surface area (Å²) in [5.41, 5.74) is 18.9. The van der Waals surface area contributed by atoms with E-state index in [9.17, 15) is 0 Å². The van der Waals surface area contributed by atoms with Crippen LogP contribution in [0.2, 0.25) is 0 Å². The summed E-state index contributed by atoms with van der Waals surface area (Å²) < 4.78 is 4.74. The molecule has 0 aliphatic heterocycles. The van der Waals surface area contributed by atoms with Crippen molar-refractivity contribution >= 4 is 65.8 Å². The number of aromatic nitrogens is 4. The van der Waals surface area contributed by atoms with Gasteiger partial charge in [0.15, 0.2) is 0 Å². The summed E-state index contributed by atoms with van der Waals surface area (Å²) >= 11 is 0. The van der Waals surface area contributed by atoms with E-state index in [0.717, 1.165) is 58.9 Å². The van der Waals surface area contributed by atoms with Gasteiger partial charge in [-0.05, 0) is 125 Å². The fraction of sp³-hybridized carbons (Fsp3) is 0.119. The summed E-state index contributed by atoms with van der Waals surface area (Å²) in [6.07, 6.45) is 18.1. The molecular formula is C59H44N4. The maximum Gasteiger partial charge on any atom is 0.235 e. The average Bonchev–Trinajstić information content (AvgIpc) is 3.93. The van der Waals surface area contributed by atoms with Gasteiger partial charge in [0.05, 0.1) is 33.3 Å². The van der Waals surface area contributed by atoms with Gasteiger partial charge in [0.25, 0.3) is 0 Å². The van der Waals surface area contributed by atoms with E-state index in [-0.39, 0.29) is 5.41 Å². The minimum atomic E-state index is -0.142. The Labute approximate surface area is 366 Å². The summed E-state index contributed by atoms with van der Waals surface area (Å²) in [4.78, 5) is 10.9. The van der Waals surface area contributed by atoms with Crippen LogP contribution in [-0.2, 0) is 5.41 Å². The minimum absolute atomic E-state index is 0.142. The Bertz CT molecular complexity index is 3690. The second kappa shape index (κ2) is 13.7. The Balaban J connectivity index is 1.04. The van der Waals surface area contributed by atoms with Crippen molar-refractivity contribution in [2.75, 3.05) is 0 Å². The van der Waals surface area contributed by atoms with Crippen molar-refractivity contribution in [1.29, 1.82) is 0 Å². The molecule has 0 unspecified atom stereocenters. The number of fused-ring (bicyclic) bond motifs is 10. The summed E-state index contributed by atoms with van der Waals surface area (Å²) in [6, 6.07) is 53.9. The number of para-hydroxylation sites is 2. The molecule has 300 valence electrons. The highest BCUT2D eigenvalue weighted by molar-refractivity contribution is 6.14. The molecule has 4 heteroatoms. The summed E-state index contributed by atoms with van der Waals surface area (Å²) in [6.45, 7) is 4.73. The summed E-state index contributed by atoms with van der Waals surface area (Å²) in [5, 5.41) is 5.97. The van der Waals surface area contributed by atoms with Gasteiger partial charge in [-0.2, -0.15) is 0 Å². The van der Waals surface area contributed by atoms with Crippen molar-refractivity contribution < 1.29 is 0 Å². The quantitative estimate of drug-likeness (QED) is 0.174. The van der Waals surface area contributed by atoms with Crippen LogP contribution >= 0.6 is 0 Å². The second-order valence-corrected chi connectivity index (χ2v) is 18.0. The molecule has 0 fully saturated rings. The van der Waals surface area contributed by atoms with Gasteiger partial charge in [0, 0.05) is 43.6 Å². The highest BCUT2D eigenvalue weighted by atomic mass is 15.2. The van der Waals surface area contributed by atoms with Crippen molar-refractivity contribution in [3.05, 3.63) is 199 Å². The molecule has 0 spiro atoms. The van der Waals surface area contributed by atoms with Crippen LogP contribution in [0.5, 0.6) is 0 Å². The molecule has 0 radical (unpaired) electrons. The molecule has 3 aromatic heterocycles. The van der Waals surface area contributed by atoms with Crippen LogP contribution in [0.25, 0.3) is 105 Å². The molecule has 0 amide bonds. The zero-order valence-corrected chi connectivity index (χ0v) is 35.4. The fourth-order valence-electron chi connectivity index (χ4n) is 10.8. The number of benzene rings is 7. The van der Waals surface area contributed by atoms with Gasteiger partial charge in [-0.1, -0.05) is 141 Å². The first-order valence-electron chi connectivity index (χ1n) is 22.4. The third kappa shape index (κ3) is 5.47. The third-order valence-corrected chi connectivity index (χ3v) is 14.0. The van der Waals surface area contributed by atoms with E-state index in [1.807, 2.05) is 0 Å². The number of nitrogens with zero attached hydrogens (tertiary/aromatic N) is 4. The lowest BCUT2D eigenvalue weighted by atomic mass is 9.82. The highest BCUT2D eigenvalue weighted by Gasteiger charge is 2.36. The molecule has 10 aromatic rings. The van der Waals surface area contributed by atoms with E-state index in [0.29, 0.717) is 5.95 Å². The normalized spacial score (nSPS) is 15.4. The monoisotopic (exact) mass is 808 g/mol. The second-order valence-electron chi connectivity index (χ2n) is 18.0. The Morgan fingerprint density at radius 1 is 0.444 bits per heavy atom. The first kappa shape index (κ1) is 36.1. The molecule has 3 aliphatic carbocycles. The highest BCUT2D eigenvalue weighted by Crippen LogP contribution is 2.51. The summed E-state index contributed by atoms with van der Waals surface area (Å²) in [7, 11) is 0. The SMILES string of the molecule is CC1(C)c2ccccc2-c2cc3c(cc21)c1cc(-c2ccc4c(c2)c2ccccc2n4C2=CCCC=C2)ccc1n3-c1nc(-c2ccc(C3=CCCC=C3)cc2)c2ccccc2n1. The van der Waals surface area contributed by atoms with Gasteiger partial charge in [0.2, 0.25) is 5.95 Å². The lowest BCUT2D eigenvalue weighted by Gasteiger charge is -2.21. The topological polar surface area (TPSA) is 35.6 Å². The van der Waals surface area contributed by atoms with Gasteiger partial charge in [-0.15, -0.1) is 0 Å². The first-order valence-corrected chi connectivity index (χ1v) is 22.4. The Kier molecular flexibility index (Phi) is 7.87. The number of rotatable bonds is 5. The zero-order valence-electron chi connectivity index (χ0n) is 35.4. The van der Waals surface area contributed by atoms with Gasteiger partial charge < -0.3 is 4.57 Å². The summed E-state index contributed by atoms with van der Waals surface area (Å²) in [5.74, 6) is 0.671. The third-order valence-electron chi connectivity index (χ3n) is 14.0. The molecule has 0 bridgehead atoms. The standard InChI is InChI=1S/C59H44N4/c1-59(2)50-22-12-9-19-43(50)46-36-56-49(35-51(46)59)48-34-41(40-29-31-54-47(33-40)44-20-11-14-24-53(44)62(54)42-17-7-4-8-18-42)30-32-55(48)63(56)58-60-52-23-13-10-21-45(52)57(61-58)39-27-25-38(26-28-39)37-15-5-3-6-16-37/h5,7,9-36H,3-4,6,8H2,1-2H3. The van der Waals surface area contributed by atoms with E-state index in [1.54, 1.807) is 0 Å². The van der Waals surface area contributed by atoms with Crippen molar-refractivity contribution in [2.24, 2.45) is 0 Å². The van der Waals surface area contributed by atoms with E-state index in [1.165, 1.54) is 82.8 Å². The predicted octanol–water partition coefficient (Wildman–Crippen LogP) is 15.4. The number of hydrogen-bond donors (Lipinski definition) is 0. The Morgan fingerprint density at radius 3 is 1.86 bits per heavy atom. The lowest BCUT2D eigenvalue weighted by molar-refractivity contribution is 0.661. The molecule has 0 saturated carbocycles. The van der Waals surface area contributed by atoms with Crippen LogP contribution in [0, 0.1) is 0 Å². The Hall–Kier alpha value is -7.56. The molecule has 3 heterocycles. The van der Waals surface area contributed by atoms with E-state index in [4.69, 9.17) is 9.97 Å². The van der Waals surface area contributed by atoms with Crippen LogP contribution in [0.3, 0.4) is 0 Å². The van der Waals surface area contributed by atoms with Crippen LogP contribution in [0.15, 0.2) is 182 Å².